The van der Waals surface area contributed by atoms with Crippen LogP contribution in [0.3, 0.4) is 0 Å². The van der Waals surface area contributed by atoms with E-state index in [-0.39, 0.29) is 11.9 Å². The Morgan fingerprint density at radius 3 is 3.12 bits per heavy atom. The fourth-order valence-electron chi connectivity index (χ4n) is 2.26. The second-order valence-corrected chi connectivity index (χ2v) is 4.70. The molecule has 17 heavy (non-hydrogen) atoms. The lowest BCUT2D eigenvalue weighted by molar-refractivity contribution is -0.119. The van der Waals surface area contributed by atoms with Gasteiger partial charge in [-0.15, -0.1) is 0 Å². The number of hydrogen-bond donors (Lipinski definition) is 1. The Balaban J connectivity index is 2.04. The molecule has 0 aliphatic carbocycles. The third-order valence-corrected chi connectivity index (χ3v) is 2.97. The van der Waals surface area contributed by atoms with Crippen LogP contribution in [0.1, 0.15) is 31.4 Å². The number of benzene rings is 1. The number of aryl methyl sites for hydroxylation is 1. The zero-order valence-electron chi connectivity index (χ0n) is 10.5. The fourth-order valence-corrected chi connectivity index (χ4v) is 2.26. The summed E-state index contributed by atoms with van der Waals surface area (Å²) in [5.41, 5.74) is 2.51. The normalized spacial score (nSPS) is 15.6. The van der Waals surface area contributed by atoms with Gasteiger partial charge in [-0.2, -0.15) is 0 Å². The fraction of sp³-hybridized carbons (Fsp3) is 0.500. The average Bonchev–Trinajstić information content (AvgIpc) is 2.27. The van der Waals surface area contributed by atoms with E-state index < -0.39 is 0 Å². The van der Waals surface area contributed by atoms with Crippen molar-refractivity contribution >= 4 is 5.91 Å². The van der Waals surface area contributed by atoms with Gasteiger partial charge in [0.05, 0.1) is 6.61 Å². The summed E-state index contributed by atoms with van der Waals surface area (Å²) in [7, 11) is 0. The monoisotopic (exact) mass is 233 g/mol. The van der Waals surface area contributed by atoms with Crippen LogP contribution in [0.15, 0.2) is 18.2 Å². The molecule has 1 aromatic carbocycles. The highest BCUT2D eigenvalue weighted by atomic mass is 16.5. The first-order chi connectivity index (χ1) is 8.15. The van der Waals surface area contributed by atoms with Crippen LogP contribution >= 0.6 is 0 Å². The number of rotatable bonds is 3. The maximum absolute atomic E-state index is 10.9. The predicted molar refractivity (Wildman–Crippen MR) is 67.2 cm³/mol. The van der Waals surface area contributed by atoms with E-state index in [4.69, 9.17) is 4.74 Å². The Hall–Kier alpha value is -1.51. The number of hydrogen-bond acceptors (Lipinski definition) is 2. The summed E-state index contributed by atoms with van der Waals surface area (Å²) in [4.78, 5) is 10.9. The van der Waals surface area contributed by atoms with Gasteiger partial charge in [0.1, 0.15) is 5.75 Å². The smallest absolute Gasteiger partial charge is 0.217 e. The summed E-state index contributed by atoms with van der Waals surface area (Å²) in [5, 5.41) is 2.89. The summed E-state index contributed by atoms with van der Waals surface area (Å²) < 4.78 is 5.64. The van der Waals surface area contributed by atoms with Crippen LogP contribution in [0.2, 0.25) is 0 Å². The van der Waals surface area contributed by atoms with Crippen molar-refractivity contribution < 1.29 is 9.53 Å². The highest BCUT2D eigenvalue weighted by molar-refractivity contribution is 5.73. The quantitative estimate of drug-likeness (QED) is 0.868. The zero-order valence-corrected chi connectivity index (χ0v) is 10.5. The Morgan fingerprint density at radius 1 is 1.53 bits per heavy atom. The highest BCUT2D eigenvalue weighted by Gasteiger charge is 2.12. The second kappa shape index (κ2) is 5.21. The van der Waals surface area contributed by atoms with E-state index in [1.807, 2.05) is 6.92 Å². The standard InChI is InChI=1S/C14H19NO2/c1-10(15-11(2)16)8-12-5-6-13-4-3-7-17-14(13)9-12/h5-6,9-10H,3-4,7-8H2,1-2H3,(H,15,16)/t10-/m1/s1. The third-order valence-electron chi connectivity index (χ3n) is 2.97. The number of carbonyl (C=O) groups is 1. The molecule has 1 amide bonds. The van der Waals surface area contributed by atoms with Crippen molar-refractivity contribution in [1.29, 1.82) is 0 Å². The molecule has 92 valence electrons. The molecule has 1 heterocycles. The number of amides is 1. The Bertz CT molecular complexity index is 415. The van der Waals surface area contributed by atoms with Gasteiger partial charge in [0.25, 0.3) is 0 Å². The topological polar surface area (TPSA) is 38.3 Å². The summed E-state index contributed by atoms with van der Waals surface area (Å²) in [6.07, 6.45) is 3.06. The molecule has 0 aromatic heterocycles. The second-order valence-electron chi connectivity index (χ2n) is 4.70. The van der Waals surface area contributed by atoms with Crippen molar-refractivity contribution in [3.63, 3.8) is 0 Å². The molecular formula is C14H19NO2. The average molecular weight is 233 g/mol. The highest BCUT2D eigenvalue weighted by Crippen LogP contribution is 2.26. The maximum Gasteiger partial charge on any atom is 0.217 e. The van der Waals surface area contributed by atoms with Gasteiger partial charge in [0, 0.05) is 13.0 Å². The molecule has 0 spiro atoms. The van der Waals surface area contributed by atoms with Gasteiger partial charge in [0.2, 0.25) is 5.91 Å². The lowest BCUT2D eigenvalue weighted by Crippen LogP contribution is -2.32. The maximum atomic E-state index is 10.9. The lowest BCUT2D eigenvalue weighted by Gasteiger charge is -2.19. The molecule has 0 saturated heterocycles. The number of fused-ring (bicyclic) bond motifs is 1. The minimum Gasteiger partial charge on any atom is -0.493 e. The SMILES string of the molecule is CC(=O)N[C@H](C)Cc1ccc2c(c1)OCCC2. The predicted octanol–water partition coefficient (Wildman–Crippen LogP) is 2.08. The van der Waals surface area contributed by atoms with Gasteiger partial charge in [0.15, 0.2) is 0 Å². The van der Waals surface area contributed by atoms with Crippen molar-refractivity contribution in [2.75, 3.05) is 6.61 Å². The van der Waals surface area contributed by atoms with E-state index in [0.717, 1.165) is 31.6 Å². The molecule has 0 unspecified atom stereocenters. The van der Waals surface area contributed by atoms with Gasteiger partial charge < -0.3 is 10.1 Å². The van der Waals surface area contributed by atoms with E-state index in [1.54, 1.807) is 6.92 Å². The van der Waals surface area contributed by atoms with Crippen molar-refractivity contribution in [2.45, 2.75) is 39.2 Å². The van der Waals surface area contributed by atoms with Crippen molar-refractivity contribution in [3.8, 4) is 5.75 Å². The minimum atomic E-state index is 0.0201. The van der Waals surface area contributed by atoms with E-state index in [1.165, 1.54) is 11.1 Å². The molecule has 0 fully saturated rings. The number of nitrogens with one attached hydrogen (secondary N) is 1. The van der Waals surface area contributed by atoms with Gasteiger partial charge in [-0.25, -0.2) is 0 Å². The Morgan fingerprint density at radius 2 is 2.35 bits per heavy atom. The van der Waals surface area contributed by atoms with Gasteiger partial charge in [-0.3, -0.25) is 4.79 Å². The third kappa shape index (κ3) is 3.22. The van der Waals surface area contributed by atoms with Crippen LogP contribution in [-0.2, 0) is 17.6 Å². The molecule has 2 rings (SSSR count). The molecule has 3 heteroatoms. The number of carbonyl (C=O) groups excluding carboxylic acids is 1. The molecule has 1 aromatic rings. The molecular weight excluding hydrogens is 214 g/mol. The van der Waals surface area contributed by atoms with Crippen LogP contribution in [0.25, 0.3) is 0 Å². The summed E-state index contributed by atoms with van der Waals surface area (Å²) in [6.45, 7) is 4.38. The molecule has 0 saturated carbocycles. The van der Waals surface area contributed by atoms with Gasteiger partial charge in [-0.05, 0) is 43.4 Å². The van der Waals surface area contributed by atoms with E-state index in [9.17, 15) is 4.79 Å². The van der Waals surface area contributed by atoms with Gasteiger partial charge in [-0.1, -0.05) is 12.1 Å². The van der Waals surface area contributed by atoms with Crippen LogP contribution in [0.5, 0.6) is 5.75 Å². The van der Waals surface area contributed by atoms with Crippen LogP contribution in [0, 0.1) is 0 Å². The van der Waals surface area contributed by atoms with Crippen LogP contribution in [0.4, 0.5) is 0 Å². The van der Waals surface area contributed by atoms with Crippen molar-refractivity contribution in [2.24, 2.45) is 0 Å². The molecule has 0 radical (unpaired) electrons. The molecule has 1 atom stereocenters. The first kappa shape index (κ1) is 12.0. The van der Waals surface area contributed by atoms with E-state index in [0.29, 0.717) is 0 Å². The zero-order chi connectivity index (χ0) is 12.3. The molecule has 1 N–H and O–H groups in total. The Kier molecular flexibility index (Phi) is 3.67. The van der Waals surface area contributed by atoms with Gasteiger partial charge >= 0.3 is 0 Å². The molecule has 0 bridgehead atoms. The summed E-state index contributed by atoms with van der Waals surface area (Å²) >= 11 is 0. The van der Waals surface area contributed by atoms with E-state index in [2.05, 4.69) is 23.5 Å². The van der Waals surface area contributed by atoms with Crippen LogP contribution in [-0.4, -0.2) is 18.6 Å². The first-order valence-electron chi connectivity index (χ1n) is 6.17. The van der Waals surface area contributed by atoms with Crippen LogP contribution < -0.4 is 10.1 Å². The minimum absolute atomic E-state index is 0.0201. The molecule has 1 aliphatic rings. The van der Waals surface area contributed by atoms with Crippen molar-refractivity contribution in [3.05, 3.63) is 29.3 Å². The lowest BCUT2D eigenvalue weighted by atomic mass is 10.0. The molecule has 3 nitrogen and oxygen atoms in total. The number of ether oxygens (including phenoxy) is 1. The summed E-state index contributed by atoms with van der Waals surface area (Å²) in [6, 6.07) is 6.54. The largest absolute Gasteiger partial charge is 0.493 e. The van der Waals surface area contributed by atoms with Crippen molar-refractivity contribution in [1.82, 2.24) is 5.32 Å². The molecule has 1 aliphatic heterocycles. The summed E-state index contributed by atoms with van der Waals surface area (Å²) in [5.74, 6) is 1.04. The first-order valence-corrected chi connectivity index (χ1v) is 6.17. The van der Waals surface area contributed by atoms with E-state index >= 15 is 0 Å². The Labute approximate surface area is 102 Å².